The van der Waals surface area contributed by atoms with E-state index in [1.54, 1.807) is 42.5 Å². The highest BCUT2D eigenvalue weighted by molar-refractivity contribution is 6.36. The van der Waals surface area contributed by atoms with Crippen LogP contribution in [0.25, 0.3) is 0 Å². The standard InChI is InChI=1S/C22H16Cl2N2O3/c23-14-5-8-17(16(24)10-14)25-20(27)11-3-6-15(7-4-11)26-21(28)18-12-1-2-13(9-12)19(18)22(26)29/h1-8,10,12-13,18-19H,9H2,(H,25,27)/t12-,13-,18+,19+/m0/s1. The van der Waals surface area contributed by atoms with Crippen LogP contribution in [-0.2, 0) is 9.59 Å². The zero-order chi connectivity index (χ0) is 20.3. The predicted molar refractivity (Wildman–Crippen MR) is 111 cm³/mol. The van der Waals surface area contributed by atoms with Crippen molar-refractivity contribution in [1.82, 2.24) is 0 Å². The minimum absolute atomic E-state index is 0.137. The molecule has 1 saturated heterocycles. The molecule has 3 aliphatic rings. The lowest BCUT2D eigenvalue weighted by Gasteiger charge is -2.17. The Kier molecular flexibility index (Phi) is 4.26. The number of hydrogen-bond acceptors (Lipinski definition) is 3. The summed E-state index contributed by atoms with van der Waals surface area (Å²) in [6.45, 7) is 0. The van der Waals surface area contributed by atoms with Gasteiger partial charge in [0.25, 0.3) is 5.91 Å². The van der Waals surface area contributed by atoms with Crippen molar-refractivity contribution in [3.05, 3.63) is 70.2 Å². The fourth-order valence-corrected chi connectivity index (χ4v) is 5.16. The topological polar surface area (TPSA) is 66.5 Å². The molecule has 2 aromatic carbocycles. The van der Waals surface area contributed by atoms with Gasteiger partial charge in [0.05, 0.1) is 28.2 Å². The molecule has 146 valence electrons. The van der Waals surface area contributed by atoms with Gasteiger partial charge in [0.15, 0.2) is 0 Å². The molecule has 2 fully saturated rings. The van der Waals surface area contributed by atoms with Crippen molar-refractivity contribution in [3.63, 3.8) is 0 Å². The average Bonchev–Trinajstić information content (AvgIpc) is 3.38. The zero-order valence-corrected chi connectivity index (χ0v) is 16.7. The second-order valence-electron chi connectivity index (χ2n) is 7.64. The van der Waals surface area contributed by atoms with Gasteiger partial charge in [-0.1, -0.05) is 35.4 Å². The first-order chi connectivity index (χ1) is 13.9. The van der Waals surface area contributed by atoms with E-state index in [9.17, 15) is 14.4 Å². The minimum Gasteiger partial charge on any atom is -0.321 e. The molecule has 2 aromatic rings. The maximum Gasteiger partial charge on any atom is 0.255 e. The van der Waals surface area contributed by atoms with Crippen LogP contribution < -0.4 is 10.2 Å². The minimum atomic E-state index is -0.348. The SMILES string of the molecule is O=C(Nc1ccc(Cl)cc1Cl)c1ccc(N2C(=O)[C@H]3[C@H](C2=O)[C@H]2C=C[C@H]3C2)cc1. The fraction of sp³-hybridized carbons (Fsp3) is 0.227. The van der Waals surface area contributed by atoms with Crippen LogP contribution in [0.1, 0.15) is 16.8 Å². The third kappa shape index (κ3) is 2.88. The highest BCUT2D eigenvalue weighted by Gasteiger charge is 2.59. The summed E-state index contributed by atoms with van der Waals surface area (Å²) in [4.78, 5) is 39.5. The maximum absolute atomic E-state index is 12.9. The molecule has 7 heteroatoms. The monoisotopic (exact) mass is 426 g/mol. The molecule has 0 aromatic heterocycles. The Labute approximate surface area is 177 Å². The Morgan fingerprint density at radius 1 is 0.931 bits per heavy atom. The zero-order valence-electron chi connectivity index (χ0n) is 15.1. The number of imide groups is 1. The van der Waals surface area contributed by atoms with Crippen LogP contribution in [0.3, 0.4) is 0 Å². The van der Waals surface area contributed by atoms with Crippen LogP contribution in [0, 0.1) is 23.7 Å². The number of amides is 3. The number of anilines is 2. The van der Waals surface area contributed by atoms with Crippen molar-refractivity contribution >= 4 is 52.3 Å². The van der Waals surface area contributed by atoms with E-state index < -0.39 is 0 Å². The Morgan fingerprint density at radius 2 is 1.55 bits per heavy atom. The van der Waals surface area contributed by atoms with Gasteiger partial charge in [-0.25, -0.2) is 0 Å². The largest absolute Gasteiger partial charge is 0.321 e. The van der Waals surface area contributed by atoms with Crippen LogP contribution in [0.15, 0.2) is 54.6 Å². The lowest BCUT2D eigenvalue weighted by molar-refractivity contribution is -0.123. The van der Waals surface area contributed by atoms with Crippen LogP contribution in [0.2, 0.25) is 10.0 Å². The first-order valence-corrected chi connectivity index (χ1v) is 10.1. The van der Waals surface area contributed by atoms with Gasteiger partial charge >= 0.3 is 0 Å². The van der Waals surface area contributed by atoms with Gasteiger partial charge in [-0.2, -0.15) is 0 Å². The molecule has 0 unspecified atom stereocenters. The van der Waals surface area contributed by atoms with E-state index in [0.717, 1.165) is 6.42 Å². The van der Waals surface area contributed by atoms with Crippen molar-refractivity contribution < 1.29 is 14.4 Å². The van der Waals surface area contributed by atoms with Gasteiger partial charge in [0.1, 0.15) is 0 Å². The van der Waals surface area contributed by atoms with E-state index >= 15 is 0 Å². The van der Waals surface area contributed by atoms with Gasteiger partial charge in [0, 0.05) is 10.6 Å². The first kappa shape index (κ1) is 18.4. The average molecular weight is 427 g/mol. The number of allylic oxidation sites excluding steroid dienone is 2. The maximum atomic E-state index is 12.9. The fourth-order valence-electron chi connectivity index (χ4n) is 4.70. The number of halogens is 2. The van der Waals surface area contributed by atoms with Crippen LogP contribution >= 0.6 is 23.2 Å². The van der Waals surface area contributed by atoms with Crippen molar-refractivity contribution in [2.24, 2.45) is 23.7 Å². The van der Waals surface area contributed by atoms with Gasteiger partial charge in [-0.3, -0.25) is 19.3 Å². The molecular formula is C22H16Cl2N2O3. The number of nitrogens with one attached hydrogen (secondary N) is 1. The quantitative estimate of drug-likeness (QED) is 0.577. The van der Waals surface area contributed by atoms with Crippen LogP contribution in [0.5, 0.6) is 0 Å². The molecule has 5 nitrogen and oxygen atoms in total. The molecular weight excluding hydrogens is 411 g/mol. The molecule has 2 aliphatic carbocycles. The number of fused-ring (bicyclic) bond motifs is 5. The number of nitrogens with zero attached hydrogens (tertiary/aromatic N) is 1. The van der Waals surface area contributed by atoms with E-state index in [2.05, 4.69) is 17.5 Å². The summed E-state index contributed by atoms with van der Waals surface area (Å²) in [6, 6.07) is 11.3. The summed E-state index contributed by atoms with van der Waals surface area (Å²) < 4.78 is 0. The summed E-state index contributed by atoms with van der Waals surface area (Å²) >= 11 is 12.0. The second-order valence-corrected chi connectivity index (χ2v) is 8.48. The number of carbonyl (C=O) groups is 3. The van der Waals surface area contributed by atoms with Crippen molar-refractivity contribution in [1.29, 1.82) is 0 Å². The smallest absolute Gasteiger partial charge is 0.255 e. The molecule has 1 aliphatic heterocycles. The molecule has 1 saturated carbocycles. The van der Waals surface area contributed by atoms with E-state index in [-0.39, 0.29) is 41.4 Å². The third-order valence-corrected chi connectivity index (χ3v) is 6.59. The summed E-state index contributed by atoms with van der Waals surface area (Å²) in [7, 11) is 0. The summed E-state index contributed by atoms with van der Waals surface area (Å²) in [6.07, 6.45) is 5.03. The van der Waals surface area contributed by atoms with E-state index in [1.165, 1.54) is 4.90 Å². The number of rotatable bonds is 3. The Bertz CT molecular complexity index is 1050. The Hall–Kier alpha value is -2.63. The summed E-state index contributed by atoms with van der Waals surface area (Å²) in [5.74, 6) is -0.774. The Balaban J connectivity index is 1.35. The third-order valence-electron chi connectivity index (χ3n) is 6.04. The molecule has 29 heavy (non-hydrogen) atoms. The summed E-state index contributed by atoms with van der Waals surface area (Å²) in [5.41, 5.74) is 1.33. The van der Waals surface area contributed by atoms with Gasteiger partial charge in [-0.15, -0.1) is 0 Å². The molecule has 4 atom stereocenters. The van der Waals surface area contributed by atoms with E-state index in [0.29, 0.717) is 27.0 Å². The predicted octanol–water partition coefficient (Wildman–Crippen LogP) is 4.56. The second kappa shape index (κ2) is 6.71. The van der Waals surface area contributed by atoms with E-state index in [1.807, 2.05) is 0 Å². The molecule has 2 bridgehead atoms. The molecule has 5 rings (SSSR count). The lowest BCUT2D eigenvalue weighted by Crippen LogP contribution is -2.32. The van der Waals surface area contributed by atoms with Crippen molar-refractivity contribution in [2.45, 2.75) is 6.42 Å². The molecule has 1 heterocycles. The van der Waals surface area contributed by atoms with Crippen LogP contribution in [0.4, 0.5) is 11.4 Å². The molecule has 0 spiro atoms. The lowest BCUT2D eigenvalue weighted by atomic mass is 9.85. The Morgan fingerprint density at radius 3 is 2.14 bits per heavy atom. The first-order valence-electron chi connectivity index (χ1n) is 9.36. The van der Waals surface area contributed by atoms with Gasteiger partial charge in [0.2, 0.25) is 11.8 Å². The van der Waals surface area contributed by atoms with E-state index in [4.69, 9.17) is 23.2 Å². The highest BCUT2D eigenvalue weighted by atomic mass is 35.5. The molecule has 3 amide bonds. The van der Waals surface area contributed by atoms with Gasteiger partial charge in [-0.05, 0) is 60.7 Å². The number of hydrogen-bond donors (Lipinski definition) is 1. The molecule has 0 radical (unpaired) electrons. The van der Waals surface area contributed by atoms with Crippen molar-refractivity contribution in [2.75, 3.05) is 10.2 Å². The number of carbonyl (C=O) groups excluding carboxylic acids is 3. The number of benzene rings is 2. The van der Waals surface area contributed by atoms with Gasteiger partial charge < -0.3 is 5.32 Å². The highest BCUT2D eigenvalue weighted by Crippen LogP contribution is 2.53. The van der Waals surface area contributed by atoms with Crippen molar-refractivity contribution in [3.8, 4) is 0 Å². The normalized spacial score (nSPS) is 26.9. The molecule has 1 N–H and O–H groups in total. The van der Waals surface area contributed by atoms with Crippen LogP contribution in [-0.4, -0.2) is 17.7 Å². The summed E-state index contributed by atoms with van der Waals surface area (Å²) in [5, 5.41) is 3.54.